The molecule has 0 aliphatic heterocycles. The number of benzene rings is 1. The number of halogens is 2. The van der Waals surface area contributed by atoms with Crippen molar-refractivity contribution in [3.63, 3.8) is 0 Å². The maximum Gasteiger partial charge on any atom is 0.152 e. The topological polar surface area (TPSA) is 17.8 Å². The Hall–Kier alpha value is -0.800. The summed E-state index contributed by atoms with van der Waals surface area (Å²) in [4.78, 5) is 0. The minimum Gasteiger partial charge on any atom is -0.225 e. The zero-order valence-electron chi connectivity index (χ0n) is 11.6. The van der Waals surface area contributed by atoms with E-state index in [0.29, 0.717) is 11.1 Å². The van der Waals surface area contributed by atoms with Gasteiger partial charge in [-0.3, -0.25) is 0 Å². The van der Waals surface area contributed by atoms with Crippen LogP contribution < -0.4 is 0 Å². The molecular formula is C16H18BrClN2. The molecule has 1 saturated carbocycles. The molecule has 2 aromatic rings. The number of rotatable bonds is 2. The zero-order chi connectivity index (χ0) is 14.1. The number of hydrogen-bond acceptors (Lipinski definition) is 1. The van der Waals surface area contributed by atoms with E-state index in [2.05, 4.69) is 46.2 Å². The summed E-state index contributed by atoms with van der Waals surface area (Å²) in [5.74, 6) is 0.647. The first kappa shape index (κ1) is 14.2. The maximum atomic E-state index is 6.03. The second-order valence-corrected chi connectivity index (χ2v) is 6.80. The fourth-order valence-electron chi connectivity index (χ4n) is 3.10. The Morgan fingerprint density at radius 3 is 2.60 bits per heavy atom. The molecule has 3 rings (SSSR count). The minimum atomic E-state index is 0.521. The van der Waals surface area contributed by atoms with Crippen molar-refractivity contribution in [2.75, 3.05) is 0 Å². The van der Waals surface area contributed by atoms with E-state index in [0.717, 1.165) is 10.3 Å². The third-order valence-corrected chi connectivity index (χ3v) is 4.84. The van der Waals surface area contributed by atoms with Crippen LogP contribution in [0.15, 0.2) is 28.9 Å². The van der Waals surface area contributed by atoms with Crippen LogP contribution in [0.25, 0.3) is 5.69 Å². The van der Waals surface area contributed by atoms with Gasteiger partial charge in [0.15, 0.2) is 5.15 Å². The van der Waals surface area contributed by atoms with Gasteiger partial charge in [-0.15, -0.1) is 0 Å². The van der Waals surface area contributed by atoms with Crippen molar-refractivity contribution >= 4 is 27.5 Å². The molecule has 1 aromatic carbocycles. The lowest BCUT2D eigenvalue weighted by Crippen LogP contribution is -2.10. The molecule has 0 saturated heterocycles. The lowest BCUT2D eigenvalue weighted by atomic mass is 9.83. The van der Waals surface area contributed by atoms with Crippen LogP contribution in [0.3, 0.4) is 0 Å². The van der Waals surface area contributed by atoms with E-state index in [9.17, 15) is 0 Å². The van der Waals surface area contributed by atoms with Crippen LogP contribution in [0, 0.1) is 6.92 Å². The van der Waals surface area contributed by atoms with E-state index in [1.165, 1.54) is 43.2 Å². The molecule has 20 heavy (non-hydrogen) atoms. The van der Waals surface area contributed by atoms with Crippen molar-refractivity contribution in [3.05, 3.63) is 45.1 Å². The van der Waals surface area contributed by atoms with Gasteiger partial charge in [0.1, 0.15) is 4.60 Å². The Kier molecular flexibility index (Phi) is 4.18. The fourth-order valence-corrected chi connectivity index (χ4v) is 3.89. The van der Waals surface area contributed by atoms with Gasteiger partial charge in [-0.25, -0.2) is 4.68 Å². The van der Waals surface area contributed by atoms with E-state index in [1.54, 1.807) is 0 Å². The summed E-state index contributed by atoms with van der Waals surface area (Å²) in [6.45, 7) is 2.12. The Bertz CT molecular complexity index is 615. The molecule has 1 aliphatic rings. The van der Waals surface area contributed by atoms with Crippen molar-refractivity contribution in [3.8, 4) is 5.69 Å². The highest BCUT2D eigenvalue weighted by Gasteiger charge is 2.20. The number of nitrogens with zero attached hydrogens (tertiary/aromatic N) is 2. The molecule has 1 fully saturated rings. The molecule has 1 heterocycles. The first-order valence-electron chi connectivity index (χ1n) is 7.17. The maximum absolute atomic E-state index is 6.03. The molecule has 0 spiro atoms. The summed E-state index contributed by atoms with van der Waals surface area (Å²) in [6, 6.07) is 8.52. The number of aromatic nitrogens is 2. The first-order valence-corrected chi connectivity index (χ1v) is 8.34. The summed E-state index contributed by atoms with van der Waals surface area (Å²) < 4.78 is 2.82. The van der Waals surface area contributed by atoms with Gasteiger partial charge in [0.05, 0.1) is 5.69 Å². The Labute approximate surface area is 133 Å². The van der Waals surface area contributed by atoms with E-state index in [4.69, 9.17) is 11.6 Å². The van der Waals surface area contributed by atoms with Gasteiger partial charge in [-0.05, 0) is 58.8 Å². The summed E-state index contributed by atoms with van der Waals surface area (Å²) >= 11 is 9.58. The Morgan fingerprint density at radius 1 is 1.20 bits per heavy atom. The average molecular weight is 354 g/mol. The van der Waals surface area contributed by atoms with Crippen LogP contribution in [0.1, 0.15) is 49.1 Å². The SMILES string of the molecule is Cc1ccc(C2CCCCC2)c(-n2nc(Cl)cc2Br)c1. The number of hydrogen-bond donors (Lipinski definition) is 0. The first-order chi connectivity index (χ1) is 9.65. The monoisotopic (exact) mass is 352 g/mol. The van der Waals surface area contributed by atoms with Crippen LogP contribution in [-0.2, 0) is 0 Å². The molecule has 1 aromatic heterocycles. The molecule has 0 unspecified atom stereocenters. The highest BCUT2D eigenvalue weighted by molar-refractivity contribution is 9.10. The molecular weight excluding hydrogens is 336 g/mol. The van der Waals surface area contributed by atoms with E-state index >= 15 is 0 Å². The normalized spacial score (nSPS) is 16.6. The third kappa shape index (κ3) is 2.79. The summed E-state index contributed by atoms with van der Waals surface area (Å²) in [7, 11) is 0. The molecule has 106 valence electrons. The Balaban J connectivity index is 2.08. The van der Waals surface area contributed by atoms with Gasteiger partial charge >= 0.3 is 0 Å². The van der Waals surface area contributed by atoms with Gasteiger partial charge in [-0.1, -0.05) is 43.0 Å². The average Bonchev–Trinajstić information content (AvgIpc) is 2.78. The van der Waals surface area contributed by atoms with Crippen molar-refractivity contribution in [2.45, 2.75) is 44.9 Å². The van der Waals surface area contributed by atoms with Gasteiger partial charge < -0.3 is 0 Å². The molecule has 2 nitrogen and oxygen atoms in total. The molecule has 0 radical (unpaired) electrons. The van der Waals surface area contributed by atoms with Gasteiger partial charge in [-0.2, -0.15) is 5.10 Å². The van der Waals surface area contributed by atoms with Crippen LogP contribution in [0.5, 0.6) is 0 Å². The summed E-state index contributed by atoms with van der Waals surface area (Å²) in [5.41, 5.74) is 3.81. The van der Waals surface area contributed by atoms with Gasteiger partial charge in [0.25, 0.3) is 0 Å². The summed E-state index contributed by atoms with van der Waals surface area (Å²) in [6.07, 6.45) is 6.60. The highest BCUT2D eigenvalue weighted by Crippen LogP contribution is 2.37. The van der Waals surface area contributed by atoms with Gasteiger partial charge in [0.2, 0.25) is 0 Å². The molecule has 0 atom stereocenters. The van der Waals surface area contributed by atoms with E-state index in [1.807, 2.05) is 10.7 Å². The predicted molar refractivity (Wildman–Crippen MR) is 86.8 cm³/mol. The molecule has 1 aliphatic carbocycles. The lowest BCUT2D eigenvalue weighted by molar-refractivity contribution is 0.442. The molecule has 4 heteroatoms. The van der Waals surface area contributed by atoms with Crippen LogP contribution in [0.2, 0.25) is 5.15 Å². The quantitative estimate of drug-likeness (QED) is 0.682. The standard InChI is InChI=1S/C16H18BrClN2/c1-11-7-8-13(12-5-3-2-4-6-12)14(9-11)20-15(17)10-16(18)19-20/h7-10,12H,2-6H2,1H3. The second-order valence-electron chi connectivity index (χ2n) is 5.60. The van der Waals surface area contributed by atoms with Crippen molar-refractivity contribution in [1.29, 1.82) is 0 Å². The summed E-state index contributed by atoms with van der Waals surface area (Å²) in [5, 5.41) is 4.93. The predicted octanol–water partition coefficient (Wildman–Crippen LogP) is 5.64. The molecule has 0 N–H and O–H groups in total. The van der Waals surface area contributed by atoms with Gasteiger partial charge in [0, 0.05) is 6.07 Å². The smallest absolute Gasteiger partial charge is 0.152 e. The zero-order valence-corrected chi connectivity index (χ0v) is 13.9. The van der Waals surface area contributed by atoms with Crippen molar-refractivity contribution in [2.24, 2.45) is 0 Å². The van der Waals surface area contributed by atoms with Crippen LogP contribution in [-0.4, -0.2) is 9.78 Å². The minimum absolute atomic E-state index is 0.521. The van der Waals surface area contributed by atoms with Crippen molar-refractivity contribution in [1.82, 2.24) is 9.78 Å². The fraction of sp³-hybridized carbons (Fsp3) is 0.438. The largest absolute Gasteiger partial charge is 0.225 e. The second kappa shape index (κ2) is 5.90. The number of aryl methyl sites for hydroxylation is 1. The van der Waals surface area contributed by atoms with Crippen molar-refractivity contribution < 1.29 is 0 Å². The van der Waals surface area contributed by atoms with Crippen LogP contribution in [0.4, 0.5) is 0 Å². The lowest BCUT2D eigenvalue weighted by Gasteiger charge is -2.24. The highest BCUT2D eigenvalue weighted by atomic mass is 79.9. The van der Waals surface area contributed by atoms with E-state index in [-0.39, 0.29) is 0 Å². The Morgan fingerprint density at radius 2 is 1.95 bits per heavy atom. The van der Waals surface area contributed by atoms with E-state index < -0.39 is 0 Å². The third-order valence-electron chi connectivity index (χ3n) is 4.10. The molecule has 0 amide bonds. The van der Waals surface area contributed by atoms with Crippen LogP contribution >= 0.6 is 27.5 Å². The molecule has 0 bridgehead atoms.